The van der Waals surface area contributed by atoms with Gasteiger partial charge in [0.2, 0.25) is 11.6 Å². The van der Waals surface area contributed by atoms with Gasteiger partial charge < -0.3 is 34.0 Å². The summed E-state index contributed by atoms with van der Waals surface area (Å²) in [6, 6.07) is 19.7. The second-order valence-electron chi connectivity index (χ2n) is 16.2. The summed E-state index contributed by atoms with van der Waals surface area (Å²) in [5.41, 5.74) is 9.87. The lowest BCUT2D eigenvalue weighted by atomic mass is 10.0. The fraction of sp³-hybridized carbons (Fsp3) is 0.255. The van der Waals surface area contributed by atoms with Crippen molar-refractivity contribution in [3.63, 3.8) is 0 Å². The van der Waals surface area contributed by atoms with E-state index in [9.17, 15) is 19.2 Å². The van der Waals surface area contributed by atoms with E-state index in [1.807, 2.05) is 38.1 Å². The van der Waals surface area contributed by atoms with Gasteiger partial charge in [-0.15, -0.1) is 0 Å². The molecule has 0 bridgehead atoms. The Balaban J connectivity index is 0.000000166. The summed E-state index contributed by atoms with van der Waals surface area (Å²) >= 11 is 12.2. The maximum Gasteiger partial charge on any atom is 0.260 e. The van der Waals surface area contributed by atoms with E-state index < -0.39 is 17.6 Å². The van der Waals surface area contributed by atoms with Crippen molar-refractivity contribution < 1.29 is 32.7 Å². The average molecular weight is 926 g/mol. The van der Waals surface area contributed by atoms with E-state index in [0.29, 0.717) is 69.7 Å². The zero-order chi connectivity index (χ0) is 45.9. The number of nitrogens with one attached hydrogen (secondary N) is 2. The molecule has 2 fully saturated rings. The number of hydrogen-bond donors (Lipinski definition) is 2. The van der Waals surface area contributed by atoms with Crippen LogP contribution in [0.1, 0.15) is 78.1 Å². The number of ketones is 2. The monoisotopic (exact) mass is 924 g/mol. The summed E-state index contributed by atoms with van der Waals surface area (Å²) in [5, 5.41) is 6.61. The smallest absolute Gasteiger partial charge is 0.260 e. The molecule has 13 nitrogen and oxygen atoms in total. The van der Waals surface area contributed by atoms with Crippen LogP contribution >= 0.6 is 23.2 Å². The average Bonchev–Trinajstić information content (AvgIpc) is 4.13. The third kappa shape index (κ3) is 8.81. The van der Waals surface area contributed by atoms with Gasteiger partial charge in [0.1, 0.15) is 36.4 Å². The Morgan fingerprint density at radius 3 is 1.52 bits per heavy atom. The first kappa shape index (κ1) is 44.4. The van der Waals surface area contributed by atoms with E-state index >= 15 is 0 Å². The molecule has 336 valence electrons. The van der Waals surface area contributed by atoms with Crippen molar-refractivity contribution in [3.8, 4) is 22.3 Å². The number of pyridine rings is 2. The first-order valence-corrected chi connectivity index (χ1v) is 22.8. The number of halogens is 2. The number of furan rings is 2. The number of rotatable bonds is 10. The molecule has 0 radical (unpaired) electrons. The molecular weight excluding hydrogens is 880 g/mol. The van der Waals surface area contributed by atoms with Crippen LogP contribution in [0.5, 0.6) is 0 Å². The van der Waals surface area contributed by atoms with E-state index in [4.69, 9.17) is 36.8 Å². The topological polar surface area (TPSA) is 160 Å². The van der Waals surface area contributed by atoms with Gasteiger partial charge in [-0.25, -0.2) is 0 Å². The van der Waals surface area contributed by atoms with E-state index in [-0.39, 0.29) is 28.3 Å². The van der Waals surface area contributed by atoms with Crippen molar-refractivity contribution in [1.82, 2.24) is 9.97 Å². The minimum absolute atomic E-state index is 0.0940. The van der Waals surface area contributed by atoms with Crippen LogP contribution in [0.15, 0.2) is 118 Å². The minimum atomic E-state index is -0.488. The number of carbonyl (C=O) groups is 4. The molecular formula is C51H46Cl2N6O7. The molecule has 0 unspecified atom stereocenters. The lowest BCUT2D eigenvalue weighted by Gasteiger charge is -2.29. The molecule has 2 amide bonds. The summed E-state index contributed by atoms with van der Waals surface area (Å²) in [6.07, 6.45) is 13.7. The number of aromatic nitrogens is 2. The highest BCUT2D eigenvalue weighted by Gasteiger charge is 2.36. The third-order valence-corrected chi connectivity index (χ3v) is 12.7. The van der Waals surface area contributed by atoms with Gasteiger partial charge in [0.05, 0.1) is 45.8 Å². The van der Waals surface area contributed by atoms with E-state index in [0.717, 1.165) is 59.8 Å². The largest absolute Gasteiger partial charge is 0.470 e. The molecule has 4 aliphatic rings. The van der Waals surface area contributed by atoms with Crippen molar-refractivity contribution in [3.05, 3.63) is 142 Å². The number of allylic oxidation sites excluding steroid dienone is 2. The van der Waals surface area contributed by atoms with Crippen LogP contribution in [0.3, 0.4) is 0 Å². The number of hydrogen-bond acceptors (Lipinski definition) is 11. The van der Waals surface area contributed by atoms with E-state index in [1.54, 1.807) is 24.7 Å². The molecule has 0 atom stereocenters. The predicted octanol–water partition coefficient (Wildman–Crippen LogP) is 10.8. The summed E-state index contributed by atoms with van der Waals surface area (Å²) in [5.74, 6) is -1.73. The van der Waals surface area contributed by atoms with Gasteiger partial charge in [0.15, 0.2) is 0 Å². The Kier molecular flexibility index (Phi) is 13.0. The zero-order valence-electron chi connectivity index (χ0n) is 36.4. The highest BCUT2D eigenvalue weighted by Crippen LogP contribution is 2.40. The molecule has 4 aromatic heterocycles. The van der Waals surface area contributed by atoms with Crippen molar-refractivity contribution in [1.29, 1.82) is 0 Å². The van der Waals surface area contributed by atoms with Crippen LogP contribution in [0.2, 0.25) is 10.0 Å². The maximum atomic E-state index is 13.2. The number of amides is 2. The van der Waals surface area contributed by atoms with Gasteiger partial charge in [-0.3, -0.25) is 29.1 Å². The Morgan fingerprint density at radius 2 is 1.06 bits per heavy atom. The molecule has 2 aromatic carbocycles. The second-order valence-corrected chi connectivity index (χ2v) is 17.1. The molecule has 66 heavy (non-hydrogen) atoms. The van der Waals surface area contributed by atoms with Crippen molar-refractivity contribution >= 4 is 80.5 Å². The Bertz CT molecular complexity index is 2740. The SMILES string of the molecule is CCC1=C(C(=O)Nc2cocc2-c2cccc(N3CCCCC3)c2)C(=O)c2ncc(Cl)cc21.CCC1=C(C(=O)Nc2cocc2-c2cccc(N3CCOCC3)c2)C(=O)c2ncc(Cl)cc21. The summed E-state index contributed by atoms with van der Waals surface area (Å²) in [4.78, 5) is 65.4. The van der Waals surface area contributed by atoms with Crippen LogP contribution in [0.4, 0.5) is 22.7 Å². The highest BCUT2D eigenvalue weighted by molar-refractivity contribution is 6.38. The van der Waals surface area contributed by atoms with Crippen LogP contribution in [0.25, 0.3) is 33.4 Å². The second kappa shape index (κ2) is 19.4. The van der Waals surface area contributed by atoms with Crippen LogP contribution < -0.4 is 20.4 Å². The van der Waals surface area contributed by atoms with Gasteiger partial charge in [-0.2, -0.15) is 0 Å². The Hall–Kier alpha value is -6.80. The van der Waals surface area contributed by atoms with Crippen LogP contribution in [-0.2, 0) is 14.3 Å². The predicted molar refractivity (Wildman–Crippen MR) is 256 cm³/mol. The molecule has 0 saturated carbocycles. The minimum Gasteiger partial charge on any atom is -0.470 e. The highest BCUT2D eigenvalue weighted by atomic mass is 35.5. The van der Waals surface area contributed by atoms with Gasteiger partial charge in [-0.1, -0.05) is 61.3 Å². The normalized spacial score (nSPS) is 15.7. The summed E-state index contributed by atoms with van der Waals surface area (Å²) in [6.45, 7) is 8.94. The van der Waals surface area contributed by atoms with Crippen molar-refractivity contribution in [2.75, 3.05) is 59.8 Å². The number of Topliss-reactive ketones (excluding diaryl/α,β-unsaturated/α-hetero) is 2. The third-order valence-electron chi connectivity index (χ3n) is 12.2. The van der Waals surface area contributed by atoms with E-state index in [2.05, 4.69) is 54.7 Å². The fourth-order valence-corrected chi connectivity index (χ4v) is 9.33. The molecule has 2 saturated heterocycles. The number of piperidine rings is 1. The standard InChI is InChI=1S/C26H24ClN3O3.C25H22ClN3O4/c1-2-19-20-12-17(27)13-28-24(20)25(31)23(19)26(32)29-22-15-33-14-21(22)16-7-6-8-18(11-16)30-9-4-3-5-10-30;1-2-18-19-11-16(26)12-27-23(19)24(30)22(18)25(31)28-21-14-33-13-20(21)15-4-3-5-17(10-15)29-6-8-32-9-7-29/h6-8,11-15H,2-5,9-10H2,1H3,(H,29,32);3-5,10-14H,2,6-9H2,1H3,(H,28,31). The maximum absolute atomic E-state index is 13.2. The van der Waals surface area contributed by atoms with Gasteiger partial charge >= 0.3 is 0 Å². The molecule has 10 rings (SSSR count). The number of carbonyl (C=O) groups excluding carboxylic acids is 4. The molecule has 2 N–H and O–H groups in total. The fourth-order valence-electron chi connectivity index (χ4n) is 9.01. The number of morpholine rings is 1. The first-order chi connectivity index (χ1) is 32.1. The molecule has 2 aliphatic carbocycles. The summed E-state index contributed by atoms with van der Waals surface area (Å²) < 4.78 is 16.3. The Labute approximate surface area is 391 Å². The number of benzene rings is 2. The number of anilines is 4. The number of ether oxygens (including phenoxy) is 1. The van der Waals surface area contributed by atoms with Gasteiger partial charge in [0, 0.05) is 72.2 Å². The van der Waals surface area contributed by atoms with Gasteiger partial charge in [0.25, 0.3) is 11.8 Å². The van der Waals surface area contributed by atoms with Crippen molar-refractivity contribution in [2.24, 2.45) is 0 Å². The lowest BCUT2D eigenvalue weighted by Crippen LogP contribution is -2.36. The van der Waals surface area contributed by atoms with Crippen LogP contribution in [0, 0.1) is 0 Å². The molecule has 6 aromatic rings. The quantitative estimate of drug-likeness (QED) is 0.126. The van der Waals surface area contributed by atoms with Crippen LogP contribution in [-0.4, -0.2) is 72.7 Å². The molecule has 6 heterocycles. The van der Waals surface area contributed by atoms with E-state index in [1.165, 1.54) is 44.2 Å². The molecule has 2 aliphatic heterocycles. The molecule has 0 spiro atoms. The number of nitrogens with zero attached hydrogens (tertiary/aromatic N) is 4. The molecule has 15 heteroatoms. The summed E-state index contributed by atoms with van der Waals surface area (Å²) in [7, 11) is 0. The lowest BCUT2D eigenvalue weighted by molar-refractivity contribution is -0.113. The van der Waals surface area contributed by atoms with Gasteiger partial charge in [-0.05, 0) is 90.8 Å². The first-order valence-electron chi connectivity index (χ1n) is 22.0. The number of fused-ring (bicyclic) bond motifs is 2. The Morgan fingerprint density at radius 1 is 0.606 bits per heavy atom. The van der Waals surface area contributed by atoms with Crippen molar-refractivity contribution in [2.45, 2.75) is 46.0 Å². The zero-order valence-corrected chi connectivity index (χ0v) is 37.9.